The van der Waals surface area contributed by atoms with Crippen LogP contribution in [0.1, 0.15) is 5.56 Å². The van der Waals surface area contributed by atoms with E-state index >= 15 is 0 Å². The highest BCUT2D eigenvalue weighted by atomic mass is 35.5. The molecular formula is C8H6ClF2. The topological polar surface area (TPSA) is 0 Å². The van der Waals surface area contributed by atoms with E-state index in [0.717, 1.165) is 6.42 Å². The first-order valence-electron chi connectivity index (χ1n) is 3.07. The van der Waals surface area contributed by atoms with Gasteiger partial charge in [-0.1, -0.05) is 23.7 Å². The Labute approximate surface area is 68.8 Å². The van der Waals surface area contributed by atoms with Gasteiger partial charge in [-0.25, -0.2) is 8.78 Å². The van der Waals surface area contributed by atoms with Crippen molar-refractivity contribution >= 4 is 11.6 Å². The molecule has 0 fully saturated rings. The number of alkyl halides is 2. The predicted octanol–water partition coefficient (Wildman–Crippen LogP) is 3.16. The van der Waals surface area contributed by atoms with Crippen LogP contribution in [-0.2, 0) is 0 Å². The van der Waals surface area contributed by atoms with Gasteiger partial charge in [0, 0.05) is 5.02 Å². The summed E-state index contributed by atoms with van der Waals surface area (Å²) in [6.45, 7) is 0. The summed E-state index contributed by atoms with van der Waals surface area (Å²) in [6, 6.07) is 6.35. The number of hydrogen-bond donors (Lipinski definition) is 0. The molecule has 0 aliphatic carbocycles. The Morgan fingerprint density at radius 1 is 1.36 bits per heavy atom. The number of rotatable bonds is 2. The molecule has 0 saturated heterocycles. The Morgan fingerprint density at radius 2 is 2.09 bits per heavy atom. The summed E-state index contributed by atoms with van der Waals surface area (Å²) in [4.78, 5) is 0. The van der Waals surface area contributed by atoms with Gasteiger partial charge in [-0.2, -0.15) is 0 Å². The van der Waals surface area contributed by atoms with Gasteiger partial charge in [0.15, 0.2) is 0 Å². The van der Waals surface area contributed by atoms with E-state index in [0.29, 0.717) is 10.6 Å². The fourth-order valence-corrected chi connectivity index (χ4v) is 0.954. The first kappa shape index (κ1) is 8.47. The van der Waals surface area contributed by atoms with Crippen molar-refractivity contribution in [2.75, 3.05) is 0 Å². The van der Waals surface area contributed by atoms with Gasteiger partial charge in [-0.15, -0.1) is 0 Å². The van der Waals surface area contributed by atoms with Crippen molar-refractivity contribution in [3.05, 3.63) is 41.3 Å². The molecule has 0 amide bonds. The molecule has 0 N–H and O–H groups in total. The lowest BCUT2D eigenvalue weighted by Gasteiger charge is -1.98. The van der Waals surface area contributed by atoms with Crippen LogP contribution in [-0.4, -0.2) is 6.43 Å². The van der Waals surface area contributed by atoms with E-state index in [9.17, 15) is 8.78 Å². The zero-order valence-electron chi connectivity index (χ0n) is 5.60. The molecule has 1 rings (SSSR count). The van der Waals surface area contributed by atoms with Crippen molar-refractivity contribution in [2.45, 2.75) is 6.43 Å². The fourth-order valence-electron chi connectivity index (χ4n) is 0.756. The van der Waals surface area contributed by atoms with Crippen molar-refractivity contribution in [2.24, 2.45) is 0 Å². The molecule has 0 unspecified atom stereocenters. The molecule has 0 saturated carbocycles. The second-order valence-corrected chi connectivity index (χ2v) is 2.49. The molecule has 0 nitrogen and oxygen atoms in total. The third kappa shape index (κ3) is 2.85. The van der Waals surface area contributed by atoms with Crippen LogP contribution < -0.4 is 0 Å². The molecule has 59 valence electrons. The second-order valence-electron chi connectivity index (χ2n) is 2.06. The quantitative estimate of drug-likeness (QED) is 0.648. The fraction of sp³-hybridized carbons (Fsp3) is 0.125. The number of halogens is 3. The molecule has 1 radical (unpaired) electrons. The SMILES string of the molecule is FC(F)[CH]c1cccc(Cl)c1. The maximum atomic E-state index is 11.8. The first-order valence-corrected chi connectivity index (χ1v) is 3.45. The first-order chi connectivity index (χ1) is 5.18. The molecule has 0 heterocycles. The van der Waals surface area contributed by atoms with Crippen LogP contribution >= 0.6 is 11.6 Å². The highest BCUT2D eigenvalue weighted by Crippen LogP contribution is 2.14. The van der Waals surface area contributed by atoms with Crippen molar-refractivity contribution in [1.29, 1.82) is 0 Å². The molecule has 1 aromatic rings. The van der Waals surface area contributed by atoms with E-state index in [1.54, 1.807) is 18.2 Å². The monoisotopic (exact) mass is 175 g/mol. The van der Waals surface area contributed by atoms with E-state index in [-0.39, 0.29) is 0 Å². The summed E-state index contributed by atoms with van der Waals surface area (Å²) in [6.07, 6.45) is -1.57. The van der Waals surface area contributed by atoms with Crippen molar-refractivity contribution in [3.63, 3.8) is 0 Å². The van der Waals surface area contributed by atoms with Crippen LogP contribution in [0, 0.1) is 6.42 Å². The van der Waals surface area contributed by atoms with Gasteiger partial charge in [0.05, 0.1) is 6.42 Å². The summed E-state index contributed by atoms with van der Waals surface area (Å²) >= 11 is 5.56. The molecule has 0 bridgehead atoms. The summed E-state index contributed by atoms with van der Waals surface area (Å²) in [5.41, 5.74) is 0.451. The highest BCUT2D eigenvalue weighted by Gasteiger charge is 2.04. The van der Waals surface area contributed by atoms with E-state index in [1.165, 1.54) is 6.07 Å². The third-order valence-electron chi connectivity index (χ3n) is 1.17. The molecule has 0 spiro atoms. The van der Waals surface area contributed by atoms with Gasteiger partial charge in [0.1, 0.15) is 0 Å². The standard InChI is InChI=1S/C8H6ClF2/c9-7-3-1-2-6(4-7)5-8(10)11/h1-5,8H. The molecule has 0 aromatic heterocycles. The Bertz CT molecular complexity index is 235. The van der Waals surface area contributed by atoms with E-state index in [4.69, 9.17) is 11.6 Å². The van der Waals surface area contributed by atoms with Crippen LogP contribution in [0.4, 0.5) is 8.78 Å². The zero-order valence-corrected chi connectivity index (χ0v) is 6.35. The van der Waals surface area contributed by atoms with Gasteiger partial charge in [0.2, 0.25) is 6.43 Å². The summed E-state index contributed by atoms with van der Waals surface area (Å²) in [7, 11) is 0. The van der Waals surface area contributed by atoms with E-state index in [1.807, 2.05) is 0 Å². The van der Waals surface area contributed by atoms with Gasteiger partial charge < -0.3 is 0 Å². The van der Waals surface area contributed by atoms with Gasteiger partial charge in [0.25, 0.3) is 0 Å². The molecule has 3 heteroatoms. The molecule has 0 aliphatic heterocycles. The lowest BCUT2D eigenvalue weighted by molar-refractivity contribution is 0.189. The lowest BCUT2D eigenvalue weighted by Crippen LogP contribution is -1.92. The van der Waals surface area contributed by atoms with Gasteiger partial charge in [-0.05, 0) is 17.7 Å². The van der Waals surface area contributed by atoms with Crippen LogP contribution in [0.3, 0.4) is 0 Å². The maximum absolute atomic E-state index is 11.8. The zero-order chi connectivity index (χ0) is 8.27. The minimum atomic E-state index is -2.42. The van der Waals surface area contributed by atoms with Crippen LogP contribution in [0.2, 0.25) is 5.02 Å². The summed E-state index contributed by atoms with van der Waals surface area (Å²) in [5.74, 6) is 0. The van der Waals surface area contributed by atoms with Crippen molar-refractivity contribution in [1.82, 2.24) is 0 Å². The van der Waals surface area contributed by atoms with Gasteiger partial charge in [-0.3, -0.25) is 0 Å². The number of hydrogen-bond acceptors (Lipinski definition) is 0. The maximum Gasteiger partial charge on any atom is 0.246 e. The Hall–Kier alpha value is -0.630. The van der Waals surface area contributed by atoms with Crippen LogP contribution in [0.15, 0.2) is 24.3 Å². The van der Waals surface area contributed by atoms with Gasteiger partial charge >= 0.3 is 0 Å². The Morgan fingerprint density at radius 3 is 2.64 bits per heavy atom. The smallest absolute Gasteiger partial charge is 0.210 e. The molecule has 11 heavy (non-hydrogen) atoms. The molecule has 0 atom stereocenters. The van der Waals surface area contributed by atoms with Crippen molar-refractivity contribution < 1.29 is 8.78 Å². The van der Waals surface area contributed by atoms with Crippen LogP contribution in [0.25, 0.3) is 0 Å². The molecule has 1 aromatic carbocycles. The Kier molecular flexibility index (Phi) is 2.83. The second kappa shape index (κ2) is 3.67. The molecule has 0 aliphatic rings. The normalized spacial score (nSPS) is 10.5. The van der Waals surface area contributed by atoms with E-state index in [2.05, 4.69) is 0 Å². The van der Waals surface area contributed by atoms with Crippen LogP contribution in [0.5, 0.6) is 0 Å². The minimum Gasteiger partial charge on any atom is -0.210 e. The third-order valence-corrected chi connectivity index (χ3v) is 1.40. The highest BCUT2D eigenvalue weighted by molar-refractivity contribution is 6.30. The average molecular weight is 176 g/mol. The largest absolute Gasteiger partial charge is 0.246 e. The van der Waals surface area contributed by atoms with Crippen molar-refractivity contribution in [3.8, 4) is 0 Å². The summed E-state index contributed by atoms with van der Waals surface area (Å²) < 4.78 is 23.5. The predicted molar refractivity (Wildman–Crippen MR) is 40.9 cm³/mol. The molecular weight excluding hydrogens is 170 g/mol. The Balaban J connectivity index is 2.71. The minimum absolute atomic E-state index is 0.451. The lowest BCUT2D eigenvalue weighted by atomic mass is 10.2. The number of benzene rings is 1. The average Bonchev–Trinajstić information content (AvgIpc) is 1.85. The van der Waals surface area contributed by atoms with E-state index < -0.39 is 6.43 Å². The summed E-state index contributed by atoms with van der Waals surface area (Å²) in [5, 5.41) is 0.472.